The number of fused-ring (bicyclic) bond motifs is 1. The quantitative estimate of drug-likeness (QED) is 0.0171. The predicted octanol–water partition coefficient (Wildman–Crippen LogP) is 7.81. The van der Waals surface area contributed by atoms with Gasteiger partial charge in [0.2, 0.25) is 5.13 Å². The van der Waals surface area contributed by atoms with Crippen molar-refractivity contribution in [1.29, 1.82) is 0 Å². The number of anilines is 1. The van der Waals surface area contributed by atoms with Crippen LogP contribution in [0.4, 0.5) is 5.13 Å². The molecule has 5 rings (SSSR count). The number of hydrogen-bond donors (Lipinski definition) is 1. The first-order valence-electron chi connectivity index (χ1n) is 18.5. The van der Waals surface area contributed by atoms with Crippen LogP contribution in [-0.2, 0) is 41.5 Å². The van der Waals surface area contributed by atoms with E-state index in [0.29, 0.717) is 61.1 Å². The van der Waals surface area contributed by atoms with Crippen molar-refractivity contribution in [2.24, 2.45) is 5.10 Å². The molecular formula is C44H43N3O10S. The normalized spacial score (nSPS) is 10.8. The Morgan fingerprint density at radius 3 is 1.79 bits per heavy atom. The van der Waals surface area contributed by atoms with Gasteiger partial charge in [0.15, 0.2) is 0 Å². The van der Waals surface area contributed by atoms with E-state index in [9.17, 15) is 19.2 Å². The molecule has 300 valence electrons. The Hall–Kier alpha value is -6.80. The van der Waals surface area contributed by atoms with Gasteiger partial charge in [0.05, 0.1) is 42.9 Å². The number of hydrogen-bond acceptors (Lipinski definition) is 14. The number of esters is 4. The lowest BCUT2D eigenvalue weighted by Crippen LogP contribution is -2.12. The molecular weight excluding hydrogens is 763 g/mol. The van der Waals surface area contributed by atoms with Crippen molar-refractivity contribution in [2.75, 3.05) is 31.9 Å². The minimum Gasteiger partial charge on any atom is -0.493 e. The number of nitrogens with zero attached hydrogens (tertiary/aromatic N) is 2. The van der Waals surface area contributed by atoms with Gasteiger partial charge in [-0.05, 0) is 78.6 Å². The Morgan fingerprint density at radius 2 is 1.22 bits per heavy atom. The van der Waals surface area contributed by atoms with Gasteiger partial charge in [0, 0.05) is 43.4 Å². The molecule has 0 saturated carbocycles. The van der Waals surface area contributed by atoms with Gasteiger partial charge < -0.3 is 28.4 Å². The smallest absolute Gasteiger partial charge is 0.330 e. The van der Waals surface area contributed by atoms with E-state index in [0.717, 1.165) is 33.5 Å². The van der Waals surface area contributed by atoms with Gasteiger partial charge in [-0.25, -0.2) is 14.6 Å². The minimum atomic E-state index is -0.470. The van der Waals surface area contributed by atoms with Crippen LogP contribution in [0, 0.1) is 0 Å². The van der Waals surface area contributed by atoms with E-state index in [1.54, 1.807) is 18.2 Å². The Kier molecular flexibility index (Phi) is 16.6. The first-order valence-corrected chi connectivity index (χ1v) is 19.3. The standard InChI is InChI=1S/C44H43N3O10S/c1-3-40(48)54-27-7-25-52-34-17-11-31(12-18-34)15-23-42(50)56-36-21-22-38(33(29-36)30-45-47-44-46-37-9-5-6-10-39(37)58-44)57-43(51)24-16-32-13-19-35(20-14-32)53-26-8-28-55-41(49)4-2/h3-6,9-14,17-22,29-30H,1-2,7-8,15-16,23-28H2,(H,46,47)/b45-30+. The number of para-hydroxylation sites is 1. The van der Waals surface area contributed by atoms with Crippen LogP contribution in [0.5, 0.6) is 23.0 Å². The molecule has 0 unspecified atom stereocenters. The van der Waals surface area contributed by atoms with Crippen LogP contribution in [-0.4, -0.2) is 61.5 Å². The first kappa shape index (κ1) is 42.3. The number of carbonyl (C=O) groups excluding carboxylic acids is 4. The average molecular weight is 806 g/mol. The summed E-state index contributed by atoms with van der Waals surface area (Å²) in [6.07, 6.45) is 5.88. The molecule has 0 aliphatic carbocycles. The third-order valence-electron chi connectivity index (χ3n) is 8.11. The lowest BCUT2D eigenvalue weighted by atomic mass is 10.1. The number of hydrazone groups is 1. The van der Waals surface area contributed by atoms with Crippen molar-refractivity contribution in [2.45, 2.75) is 38.5 Å². The van der Waals surface area contributed by atoms with Crippen molar-refractivity contribution in [1.82, 2.24) is 4.98 Å². The van der Waals surface area contributed by atoms with Crippen molar-refractivity contribution >= 4 is 56.8 Å². The van der Waals surface area contributed by atoms with E-state index in [2.05, 4.69) is 28.7 Å². The lowest BCUT2D eigenvalue weighted by Gasteiger charge is -2.11. The number of ether oxygens (including phenoxy) is 6. The molecule has 1 aromatic heterocycles. The maximum atomic E-state index is 13.0. The number of aryl methyl sites for hydroxylation is 2. The van der Waals surface area contributed by atoms with Crippen molar-refractivity contribution in [3.05, 3.63) is 133 Å². The monoisotopic (exact) mass is 805 g/mol. The second-order valence-electron chi connectivity index (χ2n) is 12.4. The molecule has 0 aliphatic rings. The molecule has 13 nitrogen and oxygen atoms in total. The van der Waals surface area contributed by atoms with Crippen LogP contribution >= 0.6 is 11.3 Å². The van der Waals surface area contributed by atoms with Gasteiger partial charge in [-0.3, -0.25) is 15.0 Å². The third kappa shape index (κ3) is 14.4. The second-order valence-corrected chi connectivity index (χ2v) is 13.5. The maximum absolute atomic E-state index is 13.0. The first-order chi connectivity index (χ1) is 28.3. The molecule has 14 heteroatoms. The Labute approximate surface area is 339 Å². The summed E-state index contributed by atoms with van der Waals surface area (Å²) in [5, 5.41) is 4.91. The zero-order valence-electron chi connectivity index (χ0n) is 31.8. The highest BCUT2D eigenvalue weighted by Gasteiger charge is 2.14. The van der Waals surface area contributed by atoms with Gasteiger partial charge in [-0.2, -0.15) is 5.10 Å². The van der Waals surface area contributed by atoms with Crippen molar-refractivity contribution in [3.63, 3.8) is 0 Å². The van der Waals surface area contributed by atoms with Crippen molar-refractivity contribution in [3.8, 4) is 23.0 Å². The lowest BCUT2D eigenvalue weighted by molar-refractivity contribution is -0.138. The Morgan fingerprint density at radius 1 is 0.672 bits per heavy atom. The molecule has 0 aliphatic heterocycles. The fourth-order valence-electron chi connectivity index (χ4n) is 5.18. The average Bonchev–Trinajstić information content (AvgIpc) is 3.66. The summed E-state index contributed by atoms with van der Waals surface area (Å²) in [5.41, 5.74) is 6.01. The van der Waals surface area contributed by atoms with Gasteiger partial charge >= 0.3 is 23.9 Å². The number of benzene rings is 4. The summed E-state index contributed by atoms with van der Waals surface area (Å²) in [5.74, 6) is -0.0301. The molecule has 5 aromatic rings. The van der Waals surface area contributed by atoms with Crippen LogP contribution < -0.4 is 24.4 Å². The summed E-state index contributed by atoms with van der Waals surface area (Å²) < 4.78 is 33.7. The van der Waals surface area contributed by atoms with Crippen LogP contribution in [0.15, 0.2) is 121 Å². The van der Waals surface area contributed by atoms with E-state index < -0.39 is 23.9 Å². The largest absolute Gasteiger partial charge is 0.493 e. The number of thiazole rings is 1. The maximum Gasteiger partial charge on any atom is 0.330 e. The third-order valence-corrected chi connectivity index (χ3v) is 9.05. The molecule has 1 N–H and O–H groups in total. The van der Waals surface area contributed by atoms with Crippen LogP contribution in [0.2, 0.25) is 0 Å². The second kappa shape index (κ2) is 22.7. The van der Waals surface area contributed by atoms with E-state index in [-0.39, 0.29) is 37.6 Å². The molecule has 0 atom stereocenters. The summed E-state index contributed by atoms with van der Waals surface area (Å²) >= 11 is 1.44. The number of rotatable bonds is 23. The molecule has 58 heavy (non-hydrogen) atoms. The zero-order valence-corrected chi connectivity index (χ0v) is 32.6. The predicted molar refractivity (Wildman–Crippen MR) is 221 cm³/mol. The highest BCUT2D eigenvalue weighted by molar-refractivity contribution is 7.22. The summed E-state index contributed by atoms with van der Waals surface area (Å²) in [7, 11) is 0. The molecule has 0 fully saturated rings. The molecule has 0 spiro atoms. The van der Waals surface area contributed by atoms with E-state index in [1.165, 1.54) is 17.6 Å². The van der Waals surface area contributed by atoms with Crippen LogP contribution in [0.3, 0.4) is 0 Å². The van der Waals surface area contributed by atoms with E-state index in [1.807, 2.05) is 72.8 Å². The summed E-state index contributed by atoms with van der Waals surface area (Å²) in [4.78, 5) is 52.7. The van der Waals surface area contributed by atoms with Gasteiger partial charge in [0.1, 0.15) is 23.0 Å². The SMILES string of the molecule is C=CC(=O)OCCCOc1ccc(CCC(=O)Oc2ccc(OC(=O)CCc3ccc(OCCCOC(=O)C=C)cc3)c(/C=N/Nc3nc4ccccc4s3)c2)cc1. The fraction of sp³-hybridized carbons (Fsp3) is 0.227. The molecule has 4 aromatic carbocycles. The minimum absolute atomic E-state index is 0.104. The topological polar surface area (TPSA) is 161 Å². The molecule has 0 saturated heterocycles. The van der Waals surface area contributed by atoms with E-state index in [4.69, 9.17) is 28.4 Å². The van der Waals surface area contributed by atoms with Crippen molar-refractivity contribution < 1.29 is 47.6 Å². The Balaban J connectivity index is 1.14. The van der Waals surface area contributed by atoms with Gasteiger partial charge in [-0.15, -0.1) is 0 Å². The number of carbonyl (C=O) groups is 4. The number of aromatic nitrogens is 1. The molecule has 1 heterocycles. The molecule has 0 amide bonds. The summed E-state index contributed by atoms with van der Waals surface area (Å²) in [6, 6.07) is 27.2. The number of nitrogens with one attached hydrogen (secondary N) is 1. The molecule has 0 radical (unpaired) electrons. The molecule has 0 bridgehead atoms. The van der Waals surface area contributed by atoms with Crippen LogP contribution in [0.25, 0.3) is 10.2 Å². The Bertz CT molecular complexity index is 2170. The van der Waals surface area contributed by atoms with Gasteiger partial charge in [-0.1, -0.05) is 60.9 Å². The van der Waals surface area contributed by atoms with Gasteiger partial charge in [0.25, 0.3) is 0 Å². The highest BCUT2D eigenvalue weighted by atomic mass is 32.1. The van der Waals surface area contributed by atoms with E-state index >= 15 is 0 Å². The zero-order chi connectivity index (χ0) is 41.0. The fourth-order valence-corrected chi connectivity index (χ4v) is 5.99. The highest BCUT2D eigenvalue weighted by Crippen LogP contribution is 2.27. The van der Waals surface area contributed by atoms with Crippen LogP contribution in [0.1, 0.15) is 42.4 Å². The summed E-state index contributed by atoms with van der Waals surface area (Å²) in [6.45, 7) is 7.95.